The smallest absolute Gasteiger partial charge is 0.241 e. The van der Waals surface area contributed by atoms with Crippen molar-refractivity contribution in [2.45, 2.75) is 52.2 Å². The first kappa shape index (κ1) is 16.0. The molecule has 1 aliphatic rings. The lowest BCUT2D eigenvalue weighted by Crippen LogP contribution is -2.43. The number of aliphatic hydroxyl groups is 1. The molecule has 1 heterocycles. The van der Waals surface area contributed by atoms with Gasteiger partial charge in [0, 0.05) is 12.2 Å². The van der Waals surface area contributed by atoms with E-state index in [4.69, 9.17) is 0 Å². The van der Waals surface area contributed by atoms with Crippen LogP contribution in [0.4, 0.5) is 5.69 Å². The minimum absolute atomic E-state index is 0.0112. The number of carbonyl (C=O) groups excluding carboxylic acids is 1. The fourth-order valence-corrected chi connectivity index (χ4v) is 2.76. The van der Waals surface area contributed by atoms with Gasteiger partial charge in [0.05, 0.1) is 12.1 Å². The number of amides is 1. The summed E-state index contributed by atoms with van der Waals surface area (Å²) in [5.41, 5.74) is 2.16. The van der Waals surface area contributed by atoms with Crippen molar-refractivity contribution in [2.75, 3.05) is 11.9 Å². The lowest BCUT2D eigenvalue weighted by atomic mass is 9.89. The molecule has 2 rings (SSSR count). The van der Waals surface area contributed by atoms with Crippen LogP contribution in [0.2, 0.25) is 0 Å². The summed E-state index contributed by atoms with van der Waals surface area (Å²) in [6.45, 7) is 6.76. The number of benzene rings is 1. The summed E-state index contributed by atoms with van der Waals surface area (Å²) in [6, 6.07) is 7.66. The third-order valence-electron chi connectivity index (χ3n) is 3.74. The Hall–Kier alpha value is -1.39. The van der Waals surface area contributed by atoms with E-state index in [1.165, 1.54) is 5.56 Å². The van der Waals surface area contributed by atoms with Gasteiger partial charge in [-0.25, -0.2) is 0 Å². The summed E-state index contributed by atoms with van der Waals surface area (Å²) in [7, 11) is 0. The number of aryl methyl sites for hydroxylation is 1. The third-order valence-corrected chi connectivity index (χ3v) is 3.74. The Morgan fingerprint density at radius 3 is 2.81 bits per heavy atom. The van der Waals surface area contributed by atoms with Crippen molar-refractivity contribution in [1.29, 1.82) is 0 Å². The number of fused-ring (bicyclic) bond motifs is 1. The van der Waals surface area contributed by atoms with E-state index < -0.39 is 6.10 Å². The summed E-state index contributed by atoms with van der Waals surface area (Å²) in [5.74, 6) is -0.0112. The summed E-state index contributed by atoms with van der Waals surface area (Å²) >= 11 is 0. The molecule has 0 aromatic heterocycles. The molecule has 0 saturated carbocycles. The zero-order valence-corrected chi connectivity index (χ0v) is 13.1. The number of hydrogen-bond donors (Lipinski definition) is 3. The van der Waals surface area contributed by atoms with Gasteiger partial charge in [-0.1, -0.05) is 39.0 Å². The molecule has 4 heteroatoms. The van der Waals surface area contributed by atoms with Gasteiger partial charge in [0.1, 0.15) is 0 Å². The standard InChI is InChI=1S/C17H26N2O2/c1-17(2,3)10-13(20)11-18-15-9-8-12-6-4-5-7-14(12)19-16(15)21/h4-7,13,15,18,20H,8-11H2,1-3H3,(H,19,21). The Bertz CT molecular complexity index is 494. The van der Waals surface area contributed by atoms with Crippen molar-refractivity contribution in [1.82, 2.24) is 5.32 Å². The molecule has 0 bridgehead atoms. The molecule has 0 saturated heterocycles. The summed E-state index contributed by atoms with van der Waals surface area (Å²) in [5, 5.41) is 16.2. The molecule has 0 fully saturated rings. The highest BCUT2D eigenvalue weighted by molar-refractivity contribution is 5.96. The van der Waals surface area contributed by atoms with Crippen LogP contribution in [0.3, 0.4) is 0 Å². The van der Waals surface area contributed by atoms with Crippen LogP contribution in [0.1, 0.15) is 39.2 Å². The van der Waals surface area contributed by atoms with Crippen molar-refractivity contribution in [2.24, 2.45) is 5.41 Å². The van der Waals surface area contributed by atoms with Gasteiger partial charge < -0.3 is 15.7 Å². The third kappa shape index (κ3) is 4.83. The molecule has 3 N–H and O–H groups in total. The normalized spacial score (nSPS) is 20.4. The van der Waals surface area contributed by atoms with E-state index in [1.807, 2.05) is 24.3 Å². The van der Waals surface area contributed by atoms with Crippen LogP contribution in [0.5, 0.6) is 0 Å². The molecule has 1 aliphatic heterocycles. The largest absolute Gasteiger partial charge is 0.392 e. The predicted octanol–water partition coefficient (Wildman–Crippen LogP) is 2.33. The van der Waals surface area contributed by atoms with Gasteiger partial charge in [-0.05, 0) is 36.3 Å². The molecule has 2 unspecified atom stereocenters. The van der Waals surface area contributed by atoms with E-state index in [-0.39, 0.29) is 17.4 Å². The van der Waals surface area contributed by atoms with Gasteiger partial charge in [-0.3, -0.25) is 4.79 Å². The number of aliphatic hydroxyl groups excluding tert-OH is 1. The van der Waals surface area contributed by atoms with Gasteiger partial charge in [-0.2, -0.15) is 0 Å². The van der Waals surface area contributed by atoms with Crippen LogP contribution in [0.15, 0.2) is 24.3 Å². The van der Waals surface area contributed by atoms with E-state index in [1.54, 1.807) is 0 Å². The van der Waals surface area contributed by atoms with E-state index in [0.717, 1.165) is 18.5 Å². The van der Waals surface area contributed by atoms with Crippen LogP contribution in [0.25, 0.3) is 0 Å². The second-order valence-corrected chi connectivity index (χ2v) is 7.06. The fourth-order valence-electron chi connectivity index (χ4n) is 2.76. The quantitative estimate of drug-likeness (QED) is 0.797. The molecule has 0 radical (unpaired) electrons. The van der Waals surface area contributed by atoms with Crippen LogP contribution in [-0.4, -0.2) is 29.7 Å². The maximum Gasteiger partial charge on any atom is 0.241 e. The lowest BCUT2D eigenvalue weighted by molar-refractivity contribution is -0.118. The number of hydrogen-bond acceptors (Lipinski definition) is 3. The number of para-hydroxylation sites is 1. The topological polar surface area (TPSA) is 61.4 Å². The second-order valence-electron chi connectivity index (χ2n) is 7.06. The van der Waals surface area contributed by atoms with Crippen LogP contribution in [-0.2, 0) is 11.2 Å². The first-order valence-corrected chi connectivity index (χ1v) is 7.65. The van der Waals surface area contributed by atoms with Gasteiger partial charge in [0.15, 0.2) is 0 Å². The Kier molecular flexibility index (Phi) is 5.01. The number of nitrogens with one attached hydrogen (secondary N) is 2. The number of rotatable bonds is 4. The van der Waals surface area contributed by atoms with Gasteiger partial charge in [0.25, 0.3) is 0 Å². The highest BCUT2D eigenvalue weighted by Crippen LogP contribution is 2.22. The van der Waals surface area contributed by atoms with Gasteiger partial charge >= 0.3 is 0 Å². The molecule has 116 valence electrons. The minimum atomic E-state index is -0.427. The molecular weight excluding hydrogens is 264 g/mol. The zero-order valence-electron chi connectivity index (χ0n) is 13.1. The van der Waals surface area contributed by atoms with E-state index in [0.29, 0.717) is 13.0 Å². The Labute approximate surface area is 126 Å². The summed E-state index contributed by atoms with van der Waals surface area (Å²) in [4.78, 5) is 12.2. The second kappa shape index (κ2) is 6.58. The first-order chi connectivity index (χ1) is 9.85. The molecule has 1 aromatic rings. The van der Waals surface area contributed by atoms with Crippen molar-refractivity contribution in [3.8, 4) is 0 Å². The van der Waals surface area contributed by atoms with E-state index in [9.17, 15) is 9.90 Å². The first-order valence-electron chi connectivity index (χ1n) is 7.65. The molecule has 0 aliphatic carbocycles. The van der Waals surface area contributed by atoms with Gasteiger partial charge in [0.2, 0.25) is 5.91 Å². The summed E-state index contributed by atoms with van der Waals surface area (Å²) in [6.07, 6.45) is 1.91. The van der Waals surface area contributed by atoms with E-state index in [2.05, 4.69) is 31.4 Å². The Balaban J connectivity index is 1.90. The van der Waals surface area contributed by atoms with Crippen LogP contribution >= 0.6 is 0 Å². The molecule has 21 heavy (non-hydrogen) atoms. The summed E-state index contributed by atoms with van der Waals surface area (Å²) < 4.78 is 0. The average molecular weight is 290 g/mol. The highest BCUT2D eigenvalue weighted by Gasteiger charge is 2.24. The van der Waals surface area contributed by atoms with Crippen LogP contribution in [0, 0.1) is 5.41 Å². The van der Waals surface area contributed by atoms with Crippen molar-refractivity contribution >= 4 is 11.6 Å². The molecule has 1 aromatic carbocycles. The molecular formula is C17H26N2O2. The number of anilines is 1. The van der Waals surface area contributed by atoms with Gasteiger partial charge in [-0.15, -0.1) is 0 Å². The fraction of sp³-hybridized carbons (Fsp3) is 0.588. The monoisotopic (exact) mass is 290 g/mol. The molecule has 2 atom stereocenters. The lowest BCUT2D eigenvalue weighted by Gasteiger charge is -2.24. The minimum Gasteiger partial charge on any atom is -0.392 e. The molecule has 1 amide bonds. The van der Waals surface area contributed by atoms with Crippen molar-refractivity contribution in [3.05, 3.63) is 29.8 Å². The predicted molar refractivity (Wildman–Crippen MR) is 85.3 cm³/mol. The maximum atomic E-state index is 12.2. The molecule has 4 nitrogen and oxygen atoms in total. The maximum absolute atomic E-state index is 12.2. The number of carbonyl (C=O) groups is 1. The highest BCUT2D eigenvalue weighted by atomic mass is 16.3. The van der Waals surface area contributed by atoms with E-state index >= 15 is 0 Å². The Morgan fingerprint density at radius 1 is 1.38 bits per heavy atom. The Morgan fingerprint density at radius 2 is 2.10 bits per heavy atom. The SMILES string of the molecule is CC(C)(C)CC(O)CNC1CCc2ccccc2NC1=O. The molecule has 0 spiro atoms. The zero-order chi connectivity index (χ0) is 15.5. The van der Waals surface area contributed by atoms with Crippen molar-refractivity contribution in [3.63, 3.8) is 0 Å². The van der Waals surface area contributed by atoms with Crippen molar-refractivity contribution < 1.29 is 9.90 Å². The average Bonchev–Trinajstić information content (AvgIpc) is 2.53. The van der Waals surface area contributed by atoms with Crippen LogP contribution < -0.4 is 10.6 Å².